The number of carbonyl (C=O) groups is 1. The molecule has 0 bridgehead atoms. The van der Waals surface area contributed by atoms with E-state index in [0.717, 1.165) is 29.0 Å². The molecule has 2 atom stereocenters. The highest BCUT2D eigenvalue weighted by molar-refractivity contribution is 5.90. The molecule has 0 saturated carbocycles. The van der Waals surface area contributed by atoms with Gasteiger partial charge in [-0.1, -0.05) is 48.6 Å². The SMILES string of the molecule is O=C(N[C@@H]1C=C[C@H](CO)C1)C1c2ccccc2Oc2ccccc21. The lowest BCUT2D eigenvalue weighted by Gasteiger charge is -2.28. The second-order valence-electron chi connectivity index (χ2n) is 6.29. The number of benzene rings is 2. The monoisotopic (exact) mass is 321 g/mol. The Morgan fingerprint density at radius 2 is 1.67 bits per heavy atom. The van der Waals surface area contributed by atoms with Crippen LogP contribution in [0.5, 0.6) is 11.5 Å². The number of rotatable bonds is 3. The van der Waals surface area contributed by atoms with Gasteiger partial charge in [0.1, 0.15) is 11.5 Å². The average molecular weight is 321 g/mol. The molecule has 0 radical (unpaired) electrons. The lowest BCUT2D eigenvalue weighted by Crippen LogP contribution is -2.37. The Bertz CT molecular complexity index is 753. The van der Waals surface area contributed by atoms with E-state index in [4.69, 9.17) is 4.74 Å². The molecule has 122 valence electrons. The Hall–Kier alpha value is -2.59. The van der Waals surface area contributed by atoms with Crippen molar-refractivity contribution in [2.75, 3.05) is 6.61 Å². The molecule has 2 aromatic carbocycles. The molecule has 4 nitrogen and oxygen atoms in total. The molecule has 2 N–H and O–H groups in total. The van der Waals surface area contributed by atoms with E-state index in [1.54, 1.807) is 0 Å². The molecule has 24 heavy (non-hydrogen) atoms. The van der Waals surface area contributed by atoms with Gasteiger partial charge in [0.25, 0.3) is 0 Å². The topological polar surface area (TPSA) is 58.6 Å². The summed E-state index contributed by atoms with van der Waals surface area (Å²) < 4.78 is 5.94. The molecule has 1 heterocycles. The lowest BCUT2D eigenvalue weighted by molar-refractivity contribution is -0.122. The second-order valence-corrected chi connectivity index (χ2v) is 6.29. The zero-order valence-electron chi connectivity index (χ0n) is 13.2. The molecule has 0 spiro atoms. The first-order chi connectivity index (χ1) is 11.8. The summed E-state index contributed by atoms with van der Waals surface area (Å²) in [6, 6.07) is 15.3. The van der Waals surface area contributed by atoms with E-state index in [9.17, 15) is 9.90 Å². The van der Waals surface area contributed by atoms with Gasteiger partial charge in [-0.3, -0.25) is 4.79 Å². The smallest absolute Gasteiger partial charge is 0.232 e. The second kappa shape index (κ2) is 6.13. The maximum atomic E-state index is 13.0. The third-order valence-electron chi connectivity index (χ3n) is 4.68. The van der Waals surface area contributed by atoms with Crippen LogP contribution in [-0.4, -0.2) is 23.7 Å². The predicted octanol–water partition coefficient (Wildman–Crippen LogP) is 2.98. The van der Waals surface area contributed by atoms with E-state index in [2.05, 4.69) is 5.32 Å². The number of fused-ring (bicyclic) bond motifs is 2. The van der Waals surface area contributed by atoms with Crippen molar-refractivity contribution in [2.45, 2.75) is 18.4 Å². The van der Waals surface area contributed by atoms with Crippen LogP contribution in [0.1, 0.15) is 23.5 Å². The summed E-state index contributed by atoms with van der Waals surface area (Å²) in [7, 11) is 0. The standard InChI is InChI=1S/C20H19NO3/c22-12-13-9-10-14(11-13)21-20(23)19-15-5-1-3-7-17(15)24-18-8-4-2-6-16(18)19/h1-10,13-14,19,22H,11-12H2,(H,21,23)/t13-,14+/m0/s1. The number of ether oxygens (including phenoxy) is 1. The number of para-hydroxylation sites is 2. The molecule has 0 fully saturated rings. The summed E-state index contributed by atoms with van der Waals surface area (Å²) in [6.45, 7) is 0.117. The molecule has 0 unspecified atom stereocenters. The van der Waals surface area contributed by atoms with E-state index in [-0.39, 0.29) is 30.4 Å². The molecule has 1 aliphatic carbocycles. The van der Waals surface area contributed by atoms with Crippen molar-refractivity contribution in [1.82, 2.24) is 5.32 Å². The summed E-state index contributed by atoms with van der Waals surface area (Å²) in [4.78, 5) is 13.0. The van der Waals surface area contributed by atoms with Crippen molar-refractivity contribution in [3.63, 3.8) is 0 Å². The predicted molar refractivity (Wildman–Crippen MR) is 91.1 cm³/mol. The summed E-state index contributed by atoms with van der Waals surface area (Å²) in [5, 5.41) is 12.3. The van der Waals surface area contributed by atoms with E-state index in [1.165, 1.54) is 0 Å². The Morgan fingerprint density at radius 1 is 1.04 bits per heavy atom. The summed E-state index contributed by atoms with van der Waals surface area (Å²) in [5.41, 5.74) is 1.77. The number of hydrogen-bond donors (Lipinski definition) is 2. The van der Waals surface area contributed by atoms with Crippen molar-refractivity contribution in [2.24, 2.45) is 5.92 Å². The zero-order chi connectivity index (χ0) is 16.5. The van der Waals surface area contributed by atoms with Gasteiger partial charge in [-0.2, -0.15) is 0 Å². The molecule has 1 amide bonds. The highest BCUT2D eigenvalue weighted by Crippen LogP contribution is 2.44. The number of nitrogens with one attached hydrogen (secondary N) is 1. The fourth-order valence-electron chi connectivity index (χ4n) is 3.48. The van der Waals surface area contributed by atoms with Crippen LogP contribution in [0, 0.1) is 5.92 Å². The van der Waals surface area contributed by atoms with Gasteiger partial charge in [-0.25, -0.2) is 0 Å². The highest BCUT2D eigenvalue weighted by atomic mass is 16.5. The van der Waals surface area contributed by atoms with Gasteiger partial charge in [0.05, 0.1) is 5.92 Å². The normalized spacial score (nSPS) is 21.7. The molecular formula is C20H19NO3. The minimum atomic E-state index is -0.382. The van der Waals surface area contributed by atoms with E-state index in [0.29, 0.717) is 0 Å². The lowest BCUT2D eigenvalue weighted by atomic mass is 9.87. The van der Waals surface area contributed by atoms with Crippen molar-refractivity contribution < 1.29 is 14.6 Å². The van der Waals surface area contributed by atoms with Crippen LogP contribution in [0.4, 0.5) is 0 Å². The van der Waals surface area contributed by atoms with Crippen LogP contribution in [0.2, 0.25) is 0 Å². The number of aliphatic hydroxyl groups excluding tert-OH is 1. The van der Waals surface area contributed by atoms with Crippen molar-refractivity contribution in [3.05, 3.63) is 71.8 Å². The molecule has 2 aromatic rings. The highest BCUT2D eigenvalue weighted by Gasteiger charge is 2.33. The zero-order valence-corrected chi connectivity index (χ0v) is 13.2. The Balaban J connectivity index is 1.65. The minimum Gasteiger partial charge on any atom is -0.457 e. The number of hydrogen-bond acceptors (Lipinski definition) is 3. The number of amides is 1. The van der Waals surface area contributed by atoms with Gasteiger partial charge < -0.3 is 15.2 Å². The third-order valence-corrected chi connectivity index (χ3v) is 4.68. The van der Waals surface area contributed by atoms with E-state index >= 15 is 0 Å². The minimum absolute atomic E-state index is 0.0307. The quantitative estimate of drug-likeness (QED) is 0.855. The van der Waals surface area contributed by atoms with Crippen LogP contribution in [-0.2, 0) is 4.79 Å². The molecular weight excluding hydrogens is 302 g/mol. The van der Waals surface area contributed by atoms with Gasteiger partial charge in [-0.05, 0) is 18.6 Å². The fourth-order valence-corrected chi connectivity index (χ4v) is 3.48. The number of carbonyl (C=O) groups excluding carboxylic acids is 1. The summed E-state index contributed by atoms with van der Waals surface area (Å²) in [6.07, 6.45) is 4.68. The summed E-state index contributed by atoms with van der Waals surface area (Å²) in [5.74, 6) is 1.17. The molecule has 0 aromatic heterocycles. The van der Waals surface area contributed by atoms with Crippen molar-refractivity contribution in [3.8, 4) is 11.5 Å². The first-order valence-electron chi connectivity index (χ1n) is 8.21. The van der Waals surface area contributed by atoms with Crippen molar-refractivity contribution in [1.29, 1.82) is 0 Å². The maximum absolute atomic E-state index is 13.0. The van der Waals surface area contributed by atoms with Crippen LogP contribution < -0.4 is 10.1 Å². The van der Waals surface area contributed by atoms with Gasteiger partial charge in [-0.15, -0.1) is 0 Å². The third kappa shape index (κ3) is 2.59. The fraction of sp³-hybridized carbons (Fsp3) is 0.250. The molecule has 0 saturated heterocycles. The summed E-state index contributed by atoms with van der Waals surface area (Å²) >= 11 is 0. The molecule has 4 heteroatoms. The molecule has 1 aliphatic heterocycles. The maximum Gasteiger partial charge on any atom is 0.232 e. The van der Waals surface area contributed by atoms with Gasteiger partial charge in [0.2, 0.25) is 5.91 Å². The Kier molecular flexibility index (Phi) is 3.82. The van der Waals surface area contributed by atoms with Crippen LogP contribution in [0.15, 0.2) is 60.7 Å². The van der Waals surface area contributed by atoms with Gasteiger partial charge >= 0.3 is 0 Å². The Morgan fingerprint density at radius 3 is 2.25 bits per heavy atom. The Labute approximate surface area is 140 Å². The van der Waals surface area contributed by atoms with E-state index in [1.807, 2.05) is 60.7 Å². The van der Waals surface area contributed by atoms with Gasteiger partial charge in [0.15, 0.2) is 0 Å². The van der Waals surface area contributed by atoms with Crippen molar-refractivity contribution >= 4 is 5.91 Å². The van der Waals surface area contributed by atoms with Crippen LogP contribution >= 0.6 is 0 Å². The van der Waals surface area contributed by atoms with Crippen LogP contribution in [0.25, 0.3) is 0 Å². The van der Waals surface area contributed by atoms with Crippen LogP contribution in [0.3, 0.4) is 0 Å². The largest absolute Gasteiger partial charge is 0.457 e. The average Bonchev–Trinajstić information content (AvgIpc) is 3.07. The molecule has 4 rings (SSSR count). The number of aliphatic hydroxyl groups is 1. The first kappa shape index (κ1) is 15.0. The molecule has 2 aliphatic rings. The first-order valence-corrected chi connectivity index (χ1v) is 8.21. The van der Waals surface area contributed by atoms with E-state index < -0.39 is 0 Å². The van der Waals surface area contributed by atoms with Gasteiger partial charge in [0, 0.05) is 29.7 Å².